The van der Waals surface area contributed by atoms with Crippen LogP contribution in [-0.4, -0.2) is 57.4 Å². The van der Waals surface area contributed by atoms with Gasteiger partial charge in [0, 0.05) is 18.5 Å². The van der Waals surface area contributed by atoms with Crippen LogP contribution in [0.3, 0.4) is 0 Å². The highest BCUT2D eigenvalue weighted by atomic mass is 35.5. The Bertz CT molecular complexity index is 1110. The quantitative estimate of drug-likeness (QED) is 0.692. The summed E-state index contributed by atoms with van der Waals surface area (Å²) in [5.74, 6) is -3.21. The second kappa shape index (κ2) is 8.82. The molecule has 1 saturated heterocycles. The molecular formula is C18H23ClF2N6O3S. The van der Waals surface area contributed by atoms with Crippen LogP contribution in [0.1, 0.15) is 50.3 Å². The van der Waals surface area contributed by atoms with Gasteiger partial charge in [0.25, 0.3) is 10.0 Å². The lowest BCUT2D eigenvalue weighted by molar-refractivity contribution is 0.103. The number of nitrogens with two attached hydrogens (primary N) is 1. The molecule has 0 radical (unpaired) electrons. The van der Waals surface area contributed by atoms with E-state index in [1.54, 1.807) is 10.7 Å². The Balaban J connectivity index is 0.000000187. The number of hydrogen-bond acceptors (Lipinski definition) is 7. The van der Waals surface area contributed by atoms with E-state index in [9.17, 15) is 22.5 Å². The van der Waals surface area contributed by atoms with Crippen LogP contribution in [-0.2, 0) is 15.4 Å². The van der Waals surface area contributed by atoms with E-state index in [1.165, 1.54) is 0 Å². The Morgan fingerprint density at radius 3 is 2.61 bits per heavy atom. The van der Waals surface area contributed by atoms with E-state index in [0.717, 1.165) is 25.0 Å². The van der Waals surface area contributed by atoms with Gasteiger partial charge < -0.3 is 10.8 Å². The normalized spacial score (nSPS) is 21.3. The van der Waals surface area contributed by atoms with Crippen LogP contribution in [0, 0.1) is 11.3 Å². The van der Waals surface area contributed by atoms with Gasteiger partial charge in [-0.2, -0.15) is 18.3 Å². The number of nitrogen functional groups attached to an aromatic ring is 1. The first-order valence-electron chi connectivity index (χ1n) is 9.69. The average molecular weight is 477 g/mol. The minimum atomic E-state index is -4.49. The van der Waals surface area contributed by atoms with E-state index >= 15 is 0 Å². The highest BCUT2D eigenvalue weighted by Gasteiger charge is 2.40. The number of β-amino-alcohol motifs (C(OH)–C–C–N with tert-alkyl or cyclic N) is 1. The number of halogens is 3. The number of rotatable bonds is 3. The highest BCUT2D eigenvalue weighted by Crippen LogP contribution is 2.46. The smallest absolute Gasteiger partial charge is 0.350 e. The van der Waals surface area contributed by atoms with Crippen molar-refractivity contribution in [2.24, 2.45) is 0 Å². The molecule has 4 rings (SSSR count). The molecule has 3 N–H and O–H groups in total. The third kappa shape index (κ3) is 4.45. The van der Waals surface area contributed by atoms with Crippen molar-refractivity contribution in [3.05, 3.63) is 22.5 Å². The van der Waals surface area contributed by atoms with E-state index in [0.29, 0.717) is 33.2 Å². The standard InChI is InChI=1S/C12H12ClN5.C6H11F2NO3S/c1-12(3-2-4-12)10-7(5-14)9(13)8-6-16-11(15)17-18(8)10;7-6(8)13(11,12)9-3-1-2-5(10)4-9/h6H,2-4H2,1H3,(H2,15,17);5-6,10H,1-4H2. The molecule has 1 aliphatic carbocycles. The number of anilines is 1. The number of alkyl halides is 2. The van der Waals surface area contributed by atoms with Crippen molar-refractivity contribution in [2.75, 3.05) is 18.8 Å². The Hall–Kier alpha value is -2.07. The summed E-state index contributed by atoms with van der Waals surface area (Å²) in [5.41, 5.74) is 7.60. The third-order valence-electron chi connectivity index (χ3n) is 5.73. The van der Waals surface area contributed by atoms with Gasteiger partial charge in [0.05, 0.1) is 28.6 Å². The summed E-state index contributed by atoms with van der Waals surface area (Å²) in [6.45, 7) is 1.99. The molecule has 9 nitrogen and oxygen atoms in total. The highest BCUT2D eigenvalue weighted by molar-refractivity contribution is 7.89. The lowest BCUT2D eigenvalue weighted by Gasteiger charge is -2.38. The number of fused-ring (bicyclic) bond motifs is 1. The van der Waals surface area contributed by atoms with Crippen LogP contribution in [0.15, 0.2) is 6.20 Å². The molecule has 3 heterocycles. The van der Waals surface area contributed by atoms with Crippen LogP contribution < -0.4 is 5.73 Å². The number of piperidine rings is 1. The molecule has 1 atom stereocenters. The van der Waals surface area contributed by atoms with Crippen LogP contribution in [0.5, 0.6) is 0 Å². The van der Waals surface area contributed by atoms with Crippen molar-refractivity contribution in [3.63, 3.8) is 0 Å². The number of aliphatic hydroxyl groups excluding tert-OH is 1. The average Bonchev–Trinajstić information content (AvgIpc) is 2.97. The van der Waals surface area contributed by atoms with Gasteiger partial charge in [-0.15, -0.1) is 5.10 Å². The summed E-state index contributed by atoms with van der Waals surface area (Å²) in [4.78, 5) is 3.93. The van der Waals surface area contributed by atoms with Crippen molar-refractivity contribution >= 4 is 33.1 Å². The molecule has 2 aliphatic rings. The zero-order valence-corrected chi connectivity index (χ0v) is 18.4. The lowest BCUT2D eigenvalue weighted by Crippen LogP contribution is -2.44. The van der Waals surface area contributed by atoms with Crippen LogP contribution >= 0.6 is 11.6 Å². The summed E-state index contributed by atoms with van der Waals surface area (Å²) >= 11 is 6.24. The number of aromatic nitrogens is 3. The molecule has 1 unspecified atom stereocenters. The van der Waals surface area contributed by atoms with Gasteiger partial charge >= 0.3 is 5.76 Å². The Morgan fingerprint density at radius 1 is 1.42 bits per heavy atom. The second-order valence-corrected chi connectivity index (χ2v) is 10.2. The molecular weight excluding hydrogens is 454 g/mol. The molecule has 2 aromatic rings. The number of aliphatic hydroxyl groups is 1. The minimum absolute atomic E-state index is 0.0398. The summed E-state index contributed by atoms with van der Waals surface area (Å²) in [7, 11) is -4.49. The first kappa shape index (κ1) is 23.6. The number of nitriles is 1. The van der Waals surface area contributed by atoms with Crippen LogP contribution in [0.4, 0.5) is 14.7 Å². The van der Waals surface area contributed by atoms with Gasteiger partial charge in [0.2, 0.25) is 5.95 Å². The van der Waals surface area contributed by atoms with Gasteiger partial charge in [-0.3, -0.25) is 0 Å². The fourth-order valence-electron chi connectivity index (χ4n) is 3.89. The van der Waals surface area contributed by atoms with Crippen molar-refractivity contribution < 1.29 is 22.3 Å². The van der Waals surface area contributed by atoms with Gasteiger partial charge in [0.1, 0.15) is 11.6 Å². The molecule has 0 spiro atoms. The molecule has 0 aromatic carbocycles. The molecule has 0 amide bonds. The van der Waals surface area contributed by atoms with Gasteiger partial charge in [-0.25, -0.2) is 17.9 Å². The van der Waals surface area contributed by atoms with Crippen LogP contribution in [0.25, 0.3) is 5.52 Å². The maximum atomic E-state index is 12.0. The molecule has 13 heteroatoms. The maximum absolute atomic E-state index is 12.0. The van der Waals surface area contributed by atoms with Crippen molar-refractivity contribution in [1.82, 2.24) is 18.9 Å². The molecule has 2 fully saturated rings. The Labute approximate surface area is 183 Å². The minimum Gasteiger partial charge on any atom is -0.392 e. The van der Waals surface area contributed by atoms with Gasteiger partial charge in [-0.1, -0.05) is 24.9 Å². The Morgan fingerprint density at radius 2 is 2.10 bits per heavy atom. The lowest BCUT2D eigenvalue weighted by atomic mass is 9.67. The van der Waals surface area contributed by atoms with E-state index in [-0.39, 0.29) is 24.5 Å². The number of hydrogen-bond donors (Lipinski definition) is 2. The molecule has 2 aromatic heterocycles. The zero-order chi connectivity index (χ0) is 23.0. The topological polar surface area (TPSA) is 138 Å². The van der Waals surface area contributed by atoms with Gasteiger partial charge in [-0.05, 0) is 25.7 Å². The molecule has 1 saturated carbocycles. The van der Waals surface area contributed by atoms with E-state index in [4.69, 9.17) is 22.4 Å². The predicted molar refractivity (Wildman–Crippen MR) is 110 cm³/mol. The largest absolute Gasteiger partial charge is 0.392 e. The second-order valence-electron chi connectivity index (χ2n) is 7.94. The monoisotopic (exact) mass is 476 g/mol. The number of sulfonamides is 1. The van der Waals surface area contributed by atoms with E-state index < -0.39 is 21.9 Å². The van der Waals surface area contributed by atoms with E-state index in [1.807, 2.05) is 0 Å². The molecule has 0 bridgehead atoms. The van der Waals surface area contributed by atoms with Gasteiger partial charge in [0.15, 0.2) is 0 Å². The van der Waals surface area contributed by atoms with Crippen molar-refractivity contribution in [1.29, 1.82) is 5.26 Å². The molecule has 1 aliphatic heterocycles. The summed E-state index contributed by atoms with van der Waals surface area (Å²) in [5, 5.41) is 23.0. The van der Waals surface area contributed by atoms with Crippen LogP contribution in [0.2, 0.25) is 5.02 Å². The van der Waals surface area contributed by atoms with Crippen molar-refractivity contribution in [2.45, 2.75) is 56.3 Å². The summed E-state index contributed by atoms with van der Waals surface area (Å²) in [6.07, 6.45) is 4.87. The molecule has 31 heavy (non-hydrogen) atoms. The first-order valence-corrected chi connectivity index (χ1v) is 11.6. The Kier molecular flexibility index (Phi) is 6.71. The fourth-order valence-corrected chi connectivity index (χ4v) is 5.14. The number of nitrogens with zero attached hydrogens (tertiary/aromatic N) is 5. The predicted octanol–water partition coefficient (Wildman–Crippen LogP) is 2.27. The molecule has 170 valence electrons. The first-order chi connectivity index (χ1) is 14.5. The van der Waals surface area contributed by atoms with Crippen molar-refractivity contribution in [3.8, 4) is 6.07 Å². The van der Waals surface area contributed by atoms with E-state index in [2.05, 4.69) is 23.1 Å². The maximum Gasteiger partial charge on any atom is 0.350 e. The summed E-state index contributed by atoms with van der Waals surface area (Å²) in [6, 6.07) is 2.19. The SMILES string of the molecule is CC1(c2c(C#N)c(Cl)c3cnc(N)nn23)CCC1.O=S(=O)(C(F)F)N1CCCC(O)C1. The zero-order valence-electron chi connectivity index (χ0n) is 16.8. The summed E-state index contributed by atoms with van der Waals surface area (Å²) < 4.78 is 48.1. The third-order valence-corrected chi connectivity index (χ3v) is 7.61. The fraction of sp³-hybridized carbons (Fsp3) is 0.611.